The van der Waals surface area contributed by atoms with Gasteiger partial charge in [0, 0.05) is 12.3 Å². The summed E-state index contributed by atoms with van der Waals surface area (Å²) >= 11 is 0. The number of pyridine rings is 1. The highest BCUT2D eigenvalue weighted by atomic mass is 35.5. The van der Waals surface area contributed by atoms with E-state index >= 15 is 0 Å². The first-order chi connectivity index (χ1) is 5.47. The Morgan fingerprint density at radius 3 is 2.29 bits per heavy atom. The summed E-state index contributed by atoms with van der Waals surface area (Å²) < 4.78 is 38.3. The van der Waals surface area contributed by atoms with Crippen LogP contribution in [0.3, 0.4) is 0 Å². The number of anilines is 1. The fourth-order valence-corrected chi connectivity index (χ4v) is 0.625. The van der Waals surface area contributed by atoms with Crippen LogP contribution in [0.2, 0.25) is 0 Å². The highest BCUT2D eigenvalue weighted by Gasteiger charge is 2.31. The normalized spacial score (nSPS) is 9.64. The van der Waals surface area contributed by atoms with E-state index in [0.717, 1.165) is 18.3 Å². The second kappa shape index (κ2) is 5.77. The van der Waals surface area contributed by atoms with Crippen LogP contribution >= 0.6 is 24.8 Å². The van der Waals surface area contributed by atoms with Crippen molar-refractivity contribution in [2.24, 2.45) is 0 Å². The summed E-state index contributed by atoms with van der Waals surface area (Å²) in [7, 11) is 0. The molecule has 1 aromatic rings. The molecule has 0 aliphatic carbocycles. The molecule has 3 nitrogen and oxygen atoms in total. The van der Waals surface area contributed by atoms with Gasteiger partial charge in [-0.1, -0.05) is 0 Å². The van der Waals surface area contributed by atoms with Crippen molar-refractivity contribution in [2.45, 2.75) is 6.36 Å². The maximum absolute atomic E-state index is 11.6. The van der Waals surface area contributed by atoms with Crippen LogP contribution in [0.4, 0.5) is 19.0 Å². The summed E-state index contributed by atoms with van der Waals surface area (Å²) in [6.45, 7) is 0. The largest absolute Gasteiger partial charge is 0.573 e. The number of ether oxygens (including phenoxy) is 1. The molecular weight excluding hydrogens is 244 g/mol. The van der Waals surface area contributed by atoms with Gasteiger partial charge in [-0.05, 0) is 6.07 Å². The highest BCUT2D eigenvalue weighted by Crippen LogP contribution is 2.22. The molecule has 0 saturated carbocycles. The minimum atomic E-state index is -4.69. The lowest BCUT2D eigenvalue weighted by atomic mass is 10.4. The van der Waals surface area contributed by atoms with E-state index < -0.39 is 6.36 Å². The number of rotatable bonds is 1. The van der Waals surface area contributed by atoms with Crippen molar-refractivity contribution in [3.05, 3.63) is 18.3 Å². The number of aromatic nitrogens is 1. The lowest BCUT2D eigenvalue weighted by Gasteiger charge is -2.07. The first-order valence-electron chi connectivity index (χ1n) is 2.95. The predicted octanol–water partition coefficient (Wildman–Crippen LogP) is 2.41. The summed E-state index contributed by atoms with van der Waals surface area (Å²) in [6.07, 6.45) is -3.55. The Kier molecular flexibility index (Phi) is 6.42. The van der Waals surface area contributed by atoms with Gasteiger partial charge in [0.15, 0.2) is 0 Å². The van der Waals surface area contributed by atoms with Gasteiger partial charge >= 0.3 is 6.36 Å². The second-order valence-corrected chi connectivity index (χ2v) is 1.96. The van der Waals surface area contributed by atoms with Crippen molar-refractivity contribution in [3.63, 3.8) is 0 Å². The van der Waals surface area contributed by atoms with Gasteiger partial charge in [0.25, 0.3) is 0 Å². The second-order valence-electron chi connectivity index (χ2n) is 1.96. The molecule has 0 atom stereocenters. The summed E-state index contributed by atoms with van der Waals surface area (Å²) in [5.74, 6) is -0.383. The van der Waals surface area contributed by atoms with Crippen LogP contribution in [0, 0.1) is 0 Å². The average molecular weight is 251 g/mol. The standard InChI is InChI=1S/C6H5F3N2O.2ClH/c7-6(8,9)12-4-1-2-11-5(10)3-4;;/h1-3H,(H2,10,11);2*1H. The molecule has 82 valence electrons. The number of nitrogens with two attached hydrogens (primary N) is 1. The molecular formula is C6H7Cl2F3N2O. The van der Waals surface area contributed by atoms with Gasteiger partial charge in [0.2, 0.25) is 0 Å². The first-order valence-corrected chi connectivity index (χ1v) is 2.95. The number of hydrogen-bond acceptors (Lipinski definition) is 3. The number of nitrogens with zero attached hydrogens (tertiary/aromatic N) is 1. The zero-order valence-electron chi connectivity index (χ0n) is 6.62. The average Bonchev–Trinajstić information content (AvgIpc) is 1.82. The summed E-state index contributed by atoms with van der Waals surface area (Å²) in [5.41, 5.74) is 5.12. The molecule has 0 aliphatic rings. The van der Waals surface area contributed by atoms with E-state index in [2.05, 4.69) is 9.72 Å². The molecule has 1 aromatic heterocycles. The fourth-order valence-electron chi connectivity index (χ4n) is 0.625. The molecule has 0 saturated heterocycles. The van der Waals surface area contributed by atoms with Crippen LogP contribution in [0.15, 0.2) is 18.3 Å². The van der Waals surface area contributed by atoms with Gasteiger partial charge in [-0.15, -0.1) is 38.0 Å². The Balaban J connectivity index is 0. The maximum Gasteiger partial charge on any atom is 0.573 e. The number of alkyl halides is 3. The smallest absolute Gasteiger partial charge is 0.406 e. The van der Waals surface area contributed by atoms with Crippen molar-refractivity contribution in [2.75, 3.05) is 5.73 Å². The van der Waals surface area contributed by atoms with Crippen LogP contribution in [-0.2, 0) is 0 Å². The lowest BCUT2D eigenvalue weighted by Crippen LogP contribution is -2.17. The molecule has 0 aliphatic heterocycles. The summed E-state index contributed by atoms with van der Waals surface area (Å²) in [4.78, 5) is 3.50. The van der Waals surface area contributed by atoms with E-state index in [1.165, 1.54) is 0 Å². The Bertz CT molecular complexity index is 282. The molecule has 0 fully saturated rings. The highest BCUT2D eigenvalue weighted by molar-refractivity contribution is 5.85. The molecule has 8 heteroatoms. The van der Waals surface area contributed by atoms with Crippen LogP contribution in [0.5, 0.6) is 5.75 Å². The van der Waals surface area contributed by atoms with E-state index in [0.29, 0.717) is 0 Å². The first kappa shape index (κ1) is 15.6. The van der Waals surface area contributed by atoms with Crippen molar-refractivity contribution in [1.82, 2.24) is 4.98 Å². The number of hydrogen-bond donors (Lipinski definition) is 1. The van der Waals surface area contributed by atoms with Crippen molar-refractivity contribution >= 4 is 30.6 Å². The molecule has 1 heterocycles. The van der Waals surface area contributed by atoms with Crippen LogP contribution in [-0.4, -0.2) is 11.3 Å². The lowest BCUT2D eigenvalue weighted by molar-refractivity contribution is -0.274. The molecule has 0 bridgehead atoms. The van der Waals surface area contributed by atoms with Crippen LogP contribution < -0.4 is 10.5 Å². The molecule has 0 radical (unpaired) electrons. The third kappa shape index (κ3) is 5.71. The molecule has 0 aromatic carbocycles. The Morgan fingerprint density at radius 2 is 1.86 bits per heavy atom. The third-order valence-corrected chi connectivity index (χ3v) is 0.986. The topological polar surface area (TPSA) is 48.1 Å². The Hall–Kier alpha value is -0.880. The predicted molar refractivity (Wildman–Crippen MR) is 49.8 cm³/mol. The van der Waals surface area contributed by atoms with E-state index in [1.807, 2.05) is 0 Å². The molecule has 1 rings (SSSR count). The quantitative estimate of drug-likeness (QED) is 0.833. The number of nitrogen functional groups attached to an aromatic ring is 1. The zero-order chi connectivity index (χ0) is 9.19. The van der Waals surface area contributed by atoms with E-state index in [-0.39, 0.29) is 36.4 Å². The fraction of sp³-hybridized carbons (Fsp3) is 0.167. The zero-order valence-corrected chi connectivity index (χ0v) is 8.25. The molecule has 0 amide bonds. The van der Waals surface area contributed by atoms with Crippen molar-refractivity contribution in [3.8, 4) is 5.75 Å². The molecule has 2 N–H and O–H groups in total. The Morgan fingerprint density at radius 1 is 1.29 bits per heavy atom. The number of halogens is 5. The van der Waals surface area contributed by atoms with Gasteiger partial charge in [-0.3, -0.25) is 0 Å². The van der Waals surface area contributed by atoms with E-state index in [9.17, 15) is 13.2 Å². The van der Waals surface area contributed by atoms with Crippen LogP contribution in [0.1, 0.15) is 0 Å². The molecule has 0 unspecified atom stereocenters. The monoisotopic (exact) mass is 250 g/mol. The van der Waals surface area contributed by atoms with Crippen molar-refractivity contribution in [1.29, 1.82) is 0 Å². The van der Waals surface area contributed by atoms with E-state index in [1.54, 1.807) is 0 Å². The van der Waals surface area contributed by atoms with Crippen LogP contribution in [0.25, 0.3) is 0 Å². The SMILES string of the molecule is Cl.Cl.Nc1cc(OC(F)(F)F)ccn1. The minimum Gasteiger partial charge on any atom is -0.406 e. The maximum atomic E-state index is 11.6. The van der Waals surface area contributed by atoms with Gasteiger partial charge in [-0.25, -0.2) is 4.98 Å². The Labute approximate surface area is 90.3 Å². The summed E-state index contributed by atoms with van der Waals surface area (Å²) in [6, 6.07) is 2.07. The van der Waals surface area contributed by atoms with Gasteiger partial charge in [0.1, 0.15) is 11.6 Å². The summed E-state index contributed by atoms with van der Waals surface area (Å²) in [5, 5.41) is 0. The minimum absolute atomic E-state index is 0. The van der Waals surface area contributed by atoms with E-state index in [4.69, 9.17) is 5.73 Å². The van der Waals surface area contributed by atoms with Crippen molar-refractivity contribution < 1.29 is 17.9 Å². The molecule has 14 heavy (non-hydrogen) atoms. The van der Waals surface area contributed by atoms with Gasteiger partial charge < -0.3 is 10.5 Å². The van der Waals surface area contributed by atoms with Gasteiger partial charge in [0.05, 0.1) is 0 Å². The molecule has 0 spiro atoms. The van der Waals surface area contributed by atoms with Gasteiger partial charge in [-0.2, -0.15) is 0 Å². The third-order valence-electron chi connectivity index (χ3n) is 0.986.